The van der Waals surface area contributed by atoms with Gasteiger partial charge >= 0.3 is 0 Å². The molecule has 2 N–H and O–H groups in total. The van der Waals surface area contributed by atoms with Gasteiger partial charge in [0.15, 0.2) is 0 Å². The van der Waals surface area contributed by atoms with E-state index in [9.17, 15) is 4.79 Å². The van der Waals surface area contributed by atoms with Crippen LogP contribution in [0.2, 0.25) is 0 Å². The van der Waals surface area contributed by atoms with Crippen LogP contribution in [0.4, 0.5) is 10.3 Å². The van der Waals surface area contributed by atoms with Crippen LogP contribution in [0.1, 0.15) is 39.2 Å². The molecule has 3 heterocycles. The van der Waals surface area contributed by atoms with E-state index in [4.69, 9.17) is 0 Å². The van der Waals surface area contributed by atoms with Crippen LogP contribution in [0, 0.1) is 5.41 Å². The van der Waals surface area contributed by atoms with Crippen molar-refractivity contribution < 1.29 is 4.79 Å². The lowest BCUT2D eigenvalue weighted by Crippen LogP contribution is -2.57. The van der Waals surface area contributed by atoms with Gasteiger partial charge in [0, 0.05) is 48.3 Å². The first-order chi connectivity index (χ1) is 15.4. The van der Waals surface area contributed by atoms with E-state index in [2.05, 4.69) is 75.7 Å². The highest BCUT2D eigenvalue weighted by molar-refractivity contribution is 8.00. The number of anilines is 2. The van der Waals surface area contributed by atoms with E-state index < -0.39 is 0 Å². The van der Waals surface area contributed by atoms with Gasteiger partial charge in [-0.15, -0.1) is 22.0 Å². The van der Waals surface area contributed by atoms with Gasteiger partial charge in [-0.25, -0.2) is 0 Å². The molecule has 2 saturated heterocycles. The highest BCUT2D eigenvalue weighted by atomic mass is 32.2. The quantitative estimate of drug-likeness (QED) is 0.504. The molecule has 2 fully saturated rings. The summed E-state index contributed by atoms with van der Waals surface area (Å²) in [5.74, 6) is -0.00365. The molecule has 1 aromatic heterocycles. The van der Waals surface area contributed by atoms with Gasteiger partial charge < -0.3 is 5.32 Å². The fraction of sp³-hybridized carbons (Fsp3) is 0.609. The summed E-state index contributed by atoms with van der Waals surface area (Å²) in [5, 5.41) is 16.1. The minimum atomic E-state index is -0.00365. The Hall–Kier alpha value is -1.68. The van der Waals surface area contributed by atoms with E-state index in [1.807, 2.05) is 11.8 Å². The first kappa shape index (κ1) is 23.5. The van der Waals surface area contributed by atoms with Crippen molar-refractivity contribution in [2.75, 3.05) is 49.9 Å². The van der Waals surface area contributed by atoms with Crippen LogP contribution in [-0.4, -0.2) is 70.4 Å². The number of nitrogens with zero attached hydrogens (tertiary/aromatic N) is 4. The molecule has 4 rings (SSSR count). The lowest BCUT2D eigenvalue weighted by Gasteiger charge is -2.48. The zero-order valence-corrected chi connectivity index (χ0v) is 20.9. The lowest BCUT2D eigenvalue weighted by molar-refractivity contribution is -0.117. The number of rotatable bonds is 10. The van der Waals surface area contributed by atoms with Crippen molar-refractivity contribution in [1.29, 1.82) is 0 Å². The third-order valence-corrected chi connectivity index (χ3v) is 7.85. The molecule has 0 bridgehead atoms. The SMILES string of the molecule is CCCNc1nnc(NC(=O)CN2CCC3(C2)CN(Cc2ccccc2SC(C)C)C3)s1. The van der Waals surface area contributed by atoms with Crippen molar-refractivity contribution in [2.24, 2.45) is 5.41 Å². The number of likely N-dealkylation sites (tertiary alicyclic amines) is 2. The fourth-order valence-electron chi connectivity index (χ4n) is 4.62. The Morgan fingerprint density at radius 3 is 2.72 bits per heavy atom. The number of thioether (sulfide) groups is 1. The molecular weight excluding hydrogens is 440 g/mol. The van der Waals surface area contributed by atoms with E-state index in [0.717, 1.165) is 50.8 Å². The number of nitrogens with one attached hydrogen (secondary N) is 2. The molecule has 2 aromatic rings. The van der Waals surface area contributed by atoms with Gasteiger partial charge in [-0.1, -0.05) is 50.3 Å². The molecule has 32 heavy (non-hydrogen) atoms. The van der Waals surface area contributed by atoms with E-state index >= 15 is 0 Å². The highest BCUT2D eigenvalue weighted by Crippen LogP contribution is 2.41. The Morgan fingerprint density at radius 1 is 1.19 bits per heavy atom. The lowest BCUT2D eigenvalue weighted by atomic mass is 9.79. The van der Waals surface area contributed by atoms with E-state index in [1.165, 1.54) is 28.2 Å². The van der Waals surface area contributed by atoms with Gasteiger partial charge in [0.05, 0.1) is 6.54 Å². The molecule has 1 aromatic carbocycles. The predicted octanol–water partition coefficient (Wildman–Crippen LogP) is 4.01. The van der Waals surface area contributed by atoms with Crippen molar-refractivity contribution in [3.63, 3.8) is 0 Å². The second kappa shape index (κ2) is 10.5. The molecule has 0 unspecified atom stereocenters. The number of amides is 1. The number of hydrogen-bond acceptors (Lipinski definition) is 8. The first-order valence-electron chi connectivity index (χ1n) is 11.5. The molecule has 0 saturated carbocycles. The van der Waals surface area contributed by atoms with Crippen molar-refractivity contribution >= 4 is 39.3 Å². The molecule has 0 atom stereocenters. The largest absolute Gasteiger partial charge is 0.360 e. The predicted molar refractivity (Wildman–Crippen MR) is 134 cm³/mol. The van der Waals surface area contributed by atoms with Crippen molar-refractivity contribution in [3.05, 3.63) is 29.8 Å². The normalized spacial score (nSPS) is 18.2. The monoisotopic (exact) mass is 474 g/mol. The number of hydrogen-bond donors (Lipinski definition) is 2. The summed E-state index contributed by atoms with van der Waals surface area (Å²) in [6.07, 6.45) is 2.20. The van der Waals surface area contributed by atoms with Crippen molar-refractivity contribution in [1.82, 2.24) is 20.0 Å². The Kier molecular flexibility index (Phi) is 7.70. The minimum Gasteiger partial charge on any atom is -0.360 e. The standard InChI is InChI=1S/C23H34N6OS2/c1-4-10-24-21-26-27-22(32-21)25-20(30)13-28-11-9-23(14-28)15-29(16-23)12-18-7-5-6-8-19(18)31-17(2)3/h5-8,17H,4,9-16H2,1-3H3,(H,24,26)(H,25,27,30). The van der Waals surface area contributed by atoms with Crippen LogP contribution in [-0.2, 0) is 11.3 Å². The number of carbonyl (C=O) groups excluding carboxylic acids is 1. The molecule has 0 aliphatic carbocycles. The van der Waals surface area contributed by atoms with Crippen LogP contribution < -0.4 is 10.6 Å². The Balaban J connectivity index is 1.22. The van der Waals surface area contributed by atoms with Gasteiger partial charge in [-0.2, -0.15) is 0 Å². The summed E-state index contributed by atoms with van der Waals surface area (Å²) in [6.45, 7) is 13.1. The summed E-state index contributed by atoms with van der Waals surface area (Å²) in [5.41, 5.74) is 1.78. The van der Waals surface area contributed by atoms with E-state index in [0.29, 0.717) is 22.3 Å². The molecular formula is C23H34N6OS2. The Morgan fingerprint density at radius 2 is 1.94 bits per heavy atom. The molecule has 174 valence electrons. The molecule has 1 spiro atoms. The molecule has 9 heteroatoms. The number of aromatic nitrogens is 2. The van der Waals surface area contributed by atoms with Crippen molar-refractivity contribution in [2.45, 2.75) is 50.3 Å². The first-order valence-corrected chi connectivity index (χ1v) is 13.2. The maximum absolute atomic E-state index is 12.5. The molecule has 7 nitrogen and oxygen atoms in total. The Labute approximate surface area is 199 Å². The average Bonchev–Trinajstić information content (AvgIpc) is 3.34. The second-order valence-electron chi connectivity index (χ2n) is 9.27. The minimum absolute atomic E-state index is 0.00365. The summed E-state index contributed by atoms with van der Waals surface area (Å²) >= 11 is 3.33. The summed E-state index contributed by atoms with van der Waals surface area (Å²) in [6, 6.07) is 8.78. The summed E-state index contributed by atoms with van der Waals surface area (Å²) in [7, 11) is 0. The van der Waals surface area contributed by atoms with Crippen LogP contribution in [0.5, 0.6) is 0 Å². The number of carbonyl (C=O) groups is 1. The van der Waals surface area contributed by atoms with Gasteiger partial charge in [0.1, 0.15) is 0 Å². The smallest absolute Gasteiger partial charge is 0.240 e. The molecule has 0 radical (unpaired) electrons. The Bertz CT molecular complexity index is 911. The second-order valence-corrected chi connectivity index (χ2v) is 11.9. The molecule has 2 aliphatic heterocycles. The van der Waals surface area contributed by atoms with Crippen LogP contribution in [0.3, 0.4) is 0 Å². The third-order valence-electron chi connectivity index (χ3n) is 5.93. The van der Waals surface area contributed by atoms with Crippen LogP contribution in [0.15, 0.2) is 29.2 Å². The van der Waals surface area contributed by atoms with E-state index in [1.54, 1.807) is 0 Å². The topological polar surface area (TPSA) is 73.4 Å². The molecule has 2 aliphatic rings. The van der Waals surface area contributed by atoms with Crippen molar-refractivity contribution in [3.8, 4) is 0 Å². The highest BCUT2D eigenvalue weighted by Gasteiger charge is 2.47. The fourth-order valence-corrected chi connectivity index (χ4v) is 6.25. The zero-order chi connectivity index (χ0) is 22.6. The third kappa shape index (κ3) is 6.01. The average molecular weight is 475 g/mol. The van der Waals surface area contributed by atoms with Gasteiger partial charge in [0.2, 0.25) is 16.2 Å². The van der Waals surface area contributed by atoms with Gasteiger partial charge in [-0.3, -0.25) is 19.9 Å². The van der Waals surface area contributed by atoms with Crippen LogP contribution in [0.25, 0.3) is 0 Å². The zero-order valence-electron chi connectivity index (χ0n) is 19.3. The van der Waals surface area contributed by atoms with Gasteiger partial charge in [0.25, 0.3) is 0 Å². The van der Waals surface area contributed by atoms with E-state index in [-0.39, 0.29) is 5.91 Å². The maximum Gasteiger partial charge on any atom is 0.240 e. The molecule has 1 amide bonds. The summed E-state index contributed by atoms with van der Waals surface area (Å²) in [4.78, 5) is 18.7. The van der Waals surface area contributed by atoms with Crippen LogP contribution >= 0.6 is 23.1 Å². The van der Waals surface area contributed by atoms with Gasteiger partial charge in [-0.05, 0) is 31.0 Å². The summed E-state index contributed by atoms with van der Waals surface area (Å²) < 4.78 is 0. The number of benzene rings is 1. The maximum atomic E-state index is 12.5.